The van der Waals surface area contributed by atoms with Gasteiger partial charge in [-0.1, -0.05) is 24.9 Å². The summed E-state index contributed by atoms with van der Waals surface area (Å²) in [6.45, 7) is 1.92. The van der Waals surface area contributed by atoms with Crippen molar-refractivity contribution in [1.29, 1.82) is 0 Å². The van der Waals surface area contributed by atoms with Crippen LogP contribution in [0.5, 0.6) is 0 Å². The minimum atomic E-state index is -4.44. The van der Waals surface area contributed by atoms with Gasteiger partial charge in [0.1, 0.15) is 5.82 Å². The molecule has 2 rings (SSSR count). The van der Waals surface area contributed by atoms with Gasteiger partial charge in [-0.25, -0.2) is 4.98 Å². The molecule has 0 aliphatic rings. The average Bonchev–Trinajstić information content (AvgIpc) is 2.30. The molecule has 1 aromatic heterocycles. The third kappa shape index (κ3) is 2.61. The molecular formula is C13H12ClF3N2. The lowest BCUT2D eigenvalue weighted by molar-refractivity contribution is -0.136. The maximum absolute atomic E-state index is 13.0. The van der Waals surface area contributed by atoms with Gasteiger partial charge in [-0.3, -0.25) is 0 Å². The highest BCUT2D eigenvalue weighted by molar-refractivity contribution is 6.35. The lowest BCUT2D eigenvalue weighted by Gasteiger charge is -2.13. The highest BCUT2D eigenvalue weighted by Gasteiger charge is 2.33. The van der Waals surface area contributed by atoms with Crippen LogP contribution in [0.1, 0.15) is 24.5 Å². The van der Waals surface area contributed by atoms with E-state index < -0.39 is 11.7 Å². The number of rotatable bonds is 2. The van der Waals surface area contributed by atoms with E-state index in [1.165, 1.54) is 12.1 Å². The summed E-state index contributed by atoms with van der Waals surface area (Å²) in [6.07, 6.45) is -3.08. The highest BCUT2D eigenvalue weighted by Crippen LogP contribution is 2.37. The molecule has 0 fully saturated rings. The first kappa shape index (κ1) is 13.9. The van der Waals surface area contributed by atoms with Crippen LogP contribution in [0.4, 0.5) is 19.0 Å². The van der Waals surface area contributed by atoms with Gasteiger partial charge in [0, 0.05) is 5.39 Å². The molecule has 0 amide bonds. The predicted octanol–water partition coefficient (Wildman–Crippen LogP) is 4.44. The Labute approximate surface area is 113 Å². The number of fused-ring (bicyclic) bond motifs is 1. The Kier molecular flexibility index (Phi) is 3.58. The number of nitrogens with zero attached hydrogens (tertiary/aromatic N) is 1. The van der Waals surface area contributed by atoms with Gasteiger partial charge in [-0.2, -0.15) is 13.2 Å². The Hall–Kier alpha value is -1.49. The lowest BCUT2D eigenvalue weighted by Crippen LogP contribution is -2.07. The SMILES string of the molecule is CCCc1cc2c(C(F)(F)F)ccc(Cl)c2nc1N. The number of nitrogen functional groups attached to an aromatic ring is 1. The molecule has 2 N–H and O–H groups in total. The number of alkyl halides is 3. The van der Waals surface area contributed by atoms with Crippen LogP contribution in [0.25, 0.3) is 10.9 Å². The van der Waals surface area contributed by atoms with Crippen LogP contribution in [0, 0.1) is 0 Å². The minimum absolute atomic E-state index is 0.00218. The number of pyridine rings is 1. The van der Waals surface area contributed by atoms with Gasteiger partial charge in [-0.15, -0.1) is 0 Å². The maximum Gasteiger partial charge on any atom is 0.417 e. The third-order valence-corrected chi connectivity index (χ3v) is 3.18. The van der Waals surface area contributed by atoms with Crippen molar-refractivity contribution in [2.24, 2.45) is 0 Å². The summed E-state index contributed by atoms with van der Waals surface area (Å²) < 4.78 is 38.9. The summed E-state index contributed by atoms with van der Waals surface area (Å²) in [4.78, 5) is 4.01. The quantitative estimate of drug-likeness (QED) is 0.887. The van der Waals surface area contributed by atoms with Crippen LogP contribution in [0.2, 0.25) is 5.02 Å². The molecule has 0 radical (unpaired) electrons. The van der Waals surface area contributed by atoms with E-state index in [1.54, 1.807) is 0 Å². The number of benzene rings is 1. The van der Waals surface area contributed by atoms with Crippen LogP contribution in [0.3, 0.4) is 0 Å². The van der Waals surface area contributed by atoms with Gasteiger partial charge in [0.15, 0.2) is 0 Å². The second-order valence-electron chi connectivity index (χ2n) is 4.27. The van der Waals surface area contributed by atoms with Gasteiger partial charge >= 0.3 is 6.18 Å². The minimum Gasteiger partial charge on any atom is -0.383 e. The van der Waals surface area contributed by atoms with Gasteiger partial charge in [0.05, 0.1) is 16.1 Å². The fourth-order valence-electron chi connectivity index (χ4n) is 2.00. The zero-order valence-electron chi connectivity index (χ0n) is 10.2. The topological polar surface area (TPSA) is 38.9 Å². The summed E-state index contributed by atoms with van der Waals surface area (Å²) in [5.74, 6) is 0.232. The molecule has 2 aromatic rings. The first-order valence-electron chi connectivity index (χ1n) is 5.79. The second kappa shape index (κ2) is 4.89. The predicted molar refractivity (Wildman–Crippen MR) is 70.2 cm³/mol. The molecule has 6 heteroatoms. The molecule has 1 aromatic carbocycles. The van der Waals surface area contributed by atoms with Gasteiger partial charge < -0.3 is 5.73 Å². The number of aryl methyl sites for hydroxylation is 1. The summed E-state index contributed by atoms with van der Waals surface area (Å²) in [7, 11) is 0. The van der Waals surface area contributed by atoms with Gasteiger partial charge in [0.2, 0.25) is 0 Å². The number of nitrogens with two attached hydrogens (primary N) is 1. The van der Waals surface area contributed by atoms with E-state index in [-0.39, 0.29) is 21.7 Å². The number of hydrogen-bond donors (Lipinski definition) is 1. The molecule has 0 bridgehead atoms. The van der Waals surface area contributed by atoms with Crippen molar-refractivity contribution < 1.29 is 13.2 Å². The molecule has 2 nitrogen and oxygen atoms in total. The lowest BCUT2D eigenvalue weighted by atomic mass is 10.0. The Morgan fingerprint density at radius 1 is 1.32 bits per heavy atom. The molecule has 0 aliphatic heterocycles. The highest BCUT2D eigenvalue weighted by atomic mass is 35.5. The van der Waals surface area contributed by atoms with Crippen molar-refractivity contribution in [3.05, 3.63) is 34.3 Å². The molecular weight excluding hydrogens is 277 g/mol. The van der Waals surface area contributed by atoms with Crippen LogP contribution >= 0.6 is 11.6 Å². The number of aromatic nitrogens is 1. The summed E-state index contributed by atoms with van der Waals surface area (Å²) in [6, 6.07) is 3.60. The Morgan fingerprint density at radius 3 is 2.58 bits per heavy atom. The van der Waals surface area contributed by atoms with Crippen LogP contribution in [0.15, 0.2) is 18.2 Å². The largest absolute Gasteiger partial charge is 0.417 e. The number of anilines is 1. The van der Waals surface area contributed by atoms with Crippen molar-refractivity contribution in [3.8, 4) is 0 Å². The summed E-state index contributed by atoms with van der Waals surface area (Å²) >= 11 is 5.90. The van der Waals surface area contributed by atoms with Crippen LogP contribution in [-0.4, -0.2) is 4.98 Å². The van der Waals surface area contributed by atoms with E-state index in [0.29, 0.717) is 12.0 Å². The number of hydrogen-bond acceptors (Lipinski definition) is 2. The molecule has 1 heterocycles. The second-order valence-corrected chi connectivity index (χ2v) is 4.68. The number of halogens is 4. The Bertz CT molecular complexity index is 623. The first-order chi connectivity index (χ1) is 8.84. The van der Waals surface area contributed by atoms with E-state index in [0.717, 1.165) is 12.5 Å². The molecule has 102 valence electrons. The van der Waals surface area contributed by atoms with Crippen molar-refractivity contribution >= 4 is 28.3 Å². The Balaban J connectivity index is 2.79. The molecule has 0 saturated heterocycles. The van der Waals surface area contributed by atoms with Crippen molar-refractivity contribution in [2.45, 2.75) is 25.9 Å². The fourth-order valence-corrected chi connectivity index (χ4v) is 2.21. The summed E-state index contributed by atoms with van der Waals surface area (Å²) in [5, 5.41) is 0.162. The van der Waals surface area contributed by atoms with E-state index >= 15 is 0 Å². The van der Waals surface area contributed by atoms with Gasteiger partial charge in [-0.05, 0) is 30.2 Å². The monoisotopic (exact) mass is 288 g/mol. The van der Waals surface area contributed by atoms with E-state index in [1.807, 2.05) is 6.92 Å². The zero-order valence-corrected chi connectivity index (χ0v) is 10.9. The van der Waals surface area contributed by atoms with Crippen LogP contribution in [-0.2, 0) is 12.6 Å². The van der Waals surface area contributed by atoms with Crippen LogP contribution < -0.4 is 5.73 Å². The maximum atomic E-state index is 13.0. The first-order valence-corrected chi connectivity index (χ1v) is 6.17. The average molecular weight is 289 g/mol. The molecule has 0 spiro atoms. The smallest absolute Gasteiger partial charge is 0.383 e. The summed E-state index contributed by atoms with van der Waals surface area (Å²) in [5.41, 5.74) is 5.72. The zero-order chi connectivity index (χ0) is 14.2. The molecule has 19 heavy (non-hydrogen) atoms. The molecule has 0 atom stereocenters. The van der Waals surface area contributed by atoms with Crippen molar-refractivity contribution in [3.63, 3.8) is 0 Å². The van der Waals surface area contributed by atoms with Crippen molar-refractivity contribution in [1.82, 2.24) is 4.98 Å². The molecule has 0 unspecified atom stereocenters. The molecule has 0 saturated carbocycles. The third-order valence-electron chi connectivity index (χ3n) is 2.87. The van der Waals surface area contributed by atoms with E-state index in [2.05, 4.69) is 4.98 Å². The Morgan fingerprint density at radius 2 is 2.00 bits per heavy atom. The standard InChI is InChI=1S/C13H12ClF3N2/c1-2-3-7-6-8-9(13(15,16)17)4-5-10(14)11(8)19-12(7)18/h4-6H,2-3H2,1H3,(H2,18,19). The van der Waals surface area contributed by atoms with E-state index in [4.69, 9.17) is 17.3 Å². The fraction of sp³-hybridized carbons (Fsp3) is 0.308. The molecule has 0 aliphatic carbocycles. The van der Waals surface area contributed by atoms with Gasteiger partial charge in [0.25, 0.3) is 0 Å². The van der Waals surface area contributed by atoms with E-state index in [9.17, 15) is 13.2 Å². The van der Waals surface area contributed by atoms with Crippen molar-refractivity contribution in [2.75, 3.05) is 5.73 Å². The normalized spacial score (nSPS) is 12.1.